The van der Waals surface area contributed by atoms with Crippen molar-refractivity contribution in [1.29, 1.82) is 0 Å². The molecule has 1 aliphatic rings. The Kier molecular flexibility index (Phi) is 4.97. The van der Waals surface area contributed by atoms with Gasteiger partial charge in [0.05, 0.1) is 12.1 Å². The zero-order valence-electron chi connectivity index (χ0n) is 13.9. The number of amides is 3. The van der Waals surface area contributed by atoms with Gasteiger partial charge < -0.3 is 15.5 Å². The number of carbonyl (C=O) groups excluding carboxylic acids is 2. The van der Waals surface area contributed by atoms with E-state index >= 15 is 0 Å². The summed E-state index contributed by atoms with van der Waals surface area (Å²) < 4.78 is 13.0. The molecule has 3 rings (SSSR count). The van der Waals surface area contributed by atoms with Gasteiger partial charge in [0.2, 0.25) is 5.91 Å². The summed E-state index contributed by atoms with van der Waals surface area (Å²) in [7, 11) is 0. The van der Waals surface area contributed by atoms with E-state index in [4.69, 9.17) is 0 Å². The van der Waals surface area contributed by atoms with Crippen molar-refractivity contribution in [2.24, 2.45) is 0 Å². The number of urea groups is 1. The maximum absolute atomic E-state index is 13.0. The van der Waals surface area contributed by atoms with Crippen molar-refractivity contribution < 1.29 is 14.0 Å². The first kappa shape index (κ1) is 17.0. The SMILES string of the molecule is C[C@H](NC(=O)N[C@H]1CC(=O)N(c2ccc(F)cc2)C1)c1ccccc1. The minimum absolute atomic E-state index is 0.0898. The molecule has 0 saturated carbocycles. The third kappa shape index (κ3) is 4.15. The molecule has 2 aromatic rings. The van der Waals surface area contributed by atoms with E-state index in [-0.39, 0.29) is 36.3 Å². The Balaban J connectivity index is 1.56. The molecular formula is C19H20FN3O2. The third-order valence-electron chi connectivity index (χ3n) is 4.25. The first-order valence-corrected chi connectivity index (χ1v) is 8.21. The first-order valence-electron chi connectivity index (χ1n) is 8.21. The Bertz CT molecular complexity index is 749. The molecule has 2 aromatic carbocycles. The molecule has 1 heterocycles. The van der Waals surface area contributed by atoms with Crippen molar-refractivity contribution >= 4 is 17.6 Å². The Morgan fingerprint density at radius 1 is 1.16 bits per heavy atom. The molecule has 0 unspecified atom stereocenters. The Morgan fingerprint density at radius 2 is 1.84 bits per heavy atom. The monoisotopic (exact) mass is 341 g/mol. The van der Waals surface area contributed by atoms with Gasteiger partial charge in [-0.15, -0.1) is 0 Å². The van der Waals surface area contributed by atoms with Crippen molar-refractivity contribution in [2.75, 3.05) is 11.4 Å². The molecule has 2 N–H and O–H groups in total. The number of hydrogen-bond donors (Lipinski definition) is 2. The van der Waals surface area contributed by atoms with Crippen LogP contribution in [0.5, 0.6) is 0 Å². The molecule has 6 heteroatoms. The van der Waals surface area contributed by atoms with E-state index in [0.717, 1.165) is 5.56 Å². The summed E-state index contributed by atoms with van der Waals surface area (Å²) in [6.45, 7) is 2.27. The van der Waals surface area contributed by atoms with Crippen LogP contribution in [0.15, 0.2) is 54.6 Å². The lowest BCUT2D eigenvalue weighted by Crippen LogP contribution is -2.44. The number of benzene rings is 2. The second-order valence-corrected chi connectivity index (χ2v) is 6.13. The smallest absolute Gasteiger partial charge is 0.315 e. The molecule has 0 bridgehead atoms. The van der Waals surface area contributed by atoms with Crippen LogP contribution in [0.4, 0.5) is 14.9 Å². The highest BCUT2D eigenvalue weighted by Crippen LogP contribution is 2.22. The van der Waals surface area contributed by atoms with E-state index in [1.54, 1.807) is 17.0 Å². The number of nitrogens with zero attached hydrogens (tertiary/aromatic N) is 1. The predicted octanol–water partition coefficient (Wildman–Crippen LogP) is 2.99. The van der Waals surface area contributed by atoms with Crippen LogP contribution in [-0.2, 0) is 4.79 Å². The van der Waals surface area contributed by atoms with Gasteiger partial charge in [-0.25, -0.2) is 9.18 Å². The molecule has 0 spiro atoms. The van der Waals surface area contributed by atoms with Crippen LogP contribution in [-0.4, -0.2) is 24.5 Å². The maximum atomic E-state index is 13.0. The summed E-state index contributed by atoms with van der Waals surface area (Å²) in [4.78, 5) is 25.9. The second-order valence-electron chi connectivity index (χ2n) is 6.13. The fraction of sp³-hybridized carbons (Fsp3) is 0.263. The molecule has 1 fully saturated rings. The van der Waals surface area contributed by atoms with E-state index < -0.39 is 0 Å². The largest absolute Gasteiger partial charge is 0.333 e. The fourth-order valence-electron chi connectivity index (χ4n) is 2.92. The minimum Gasteiger partial charge on any atom is -0.333 e. The molecule has 130 valence electrons. The van der Waals surface area contributed by atoms with Gasteiger partial charge in [-0.1, -0.05) is 30.3 Å². The van der Waals surface area contributed by atoms with E-state index in [1.807, 2.05) is 37.3 Å². The molecule has 2 atom stereocenters. The van der Waals surface area contributed by atoms with Gasteiger partial charge in [0, 0.05) is 18.7 Å². The van der Waals surface area contributed by atoms with E-state index in [9.17, 15) is 14.0 Å². The lowest BCUT2D eigenvalue weighted by Gasteiger charge is -2.19. The molecule has 1 aliphatic heterocycles. The third-order valence-corrected chi connectivity index (χ3v) is 4.25. The molecule has 25 heavy (non-hydrogen) atoms. The molecular weight excluding hydrogens is 321 g/mol. The molecule has 3 amide bonds. The van der Waals surface area contributed by atoms with Gasteiger partial charge in [-0.3, -0.25) is 4.79 Å². The molecule has 1 saturated heterocycles. The highest BCUT2D eigenvalue weighted by atomic mass is 19.1. The first-order chi connectivity index (χ1) is 12.0. The molecule has 0 radical (unpaired) electrons. The number of hydrogen-bond acceptors (Lipinski definition) is 2. The van der Waals surface area contributed by atoms with Crippen molar-refractivity contribution in [3.8, 4) is 0 Å². The van der Waals surface area contributed by atoms with Crippen molar-refractivity contribution in [1.82, 2.24) is 10.6 Å². The number of nitrogens with one attached hydrogen (secondary N) is 2. The number of rotatable bonds is 4. The summed E-state index contributed by atoms with van der Waals surface area (Å²) in [5, 5.41) is 5.70. The van der Waals surface area contributed by atoms with E-state index in [2.05, 4.69) is 10.6 Å². The van der Waals surface area contributed by atoms with Crippen LogP contribution in [0.1, 0.15) is 24.9 Å². The van der Waals surface area contributed by atoms with Crippen molar-refractivity contribution in [3.05, 3.63) is 66.0 Å². The topological polar surface area (TPSA) is 61.4 Å². The highest BCUT2D eigenvalue weighted by Gasteiger charge is 2.31. The minimum atomic E-state index is -0.348. The van der Waals surface area contributed by atoms with Crippen LogP contribution < -0.4 is 15.5 Å². The zero-order valence-corrected chi connectivity index (χ0v) is 13.9. The Morgan fingerprint density at radius 3 is 2.52 bits per heavy atom. The van der Waals surface area contributed by atoms with Crippen LogP contribution in [0.25, 0.3) is 0 Å². The van der Waals surface area contributed by atoms with Crippen molar-refractivity contribution in [2.45, 2.75) is 25.4 Å². The number of anilines is 1. The van der Waals surface area contributed by atoms with Gasteiger partial charge in [-0.05, 0) is 36.8 Å². The Labute approximate surface area is 145 Å². The van der Waals surface area contributed by atoms with Crippen LogP contribution in [0.3, 0.4) is 0 Å². The highest BCUT2D eigenvalue weighted by molar-refractivity contribution is 5.96. The maximum Gasteiger partial charge on any atom is 0.315 e. The predicted molar refractivity (Wildman–Crippen MR) is 93.7 cm³/mol. The fourth-order valence-corrected chi connectivity index (χ4v) is 2.92. The normalized spacial score (nSPS) is 18.1. The van der Waals surface area contributed by atoms with Gasteiger partial charge in [0.25, 0.3) is 0 Å². The molecule has 0 aliphatic carbocycles. The number of carbonyl (C=O) groups is 2. The Hall–Kier alpha value is -2.89. The molecule has 5 nitrogen and oxygen atoms in total. The van der Waals surface area contributed by atoms with E-state index in [0.29, 0.717) is 12.2 Å². The summed E-state index contributed by atoms with van der Waals surface area (Å²) >= 11 is 0. The van der Waals surface area contributed by atoms with Gasteiger partial charge >= 0.3 is 6.03 Å². The summed E-state index contributed by atoms with van der Waals surface area (Å²) in [5.41, 5.74) is 1.64. The van der Waals surface area contributed by atoms with Gasteiger partial charge in [0.1, 0.15) is 5.82 Å². The quantitative estimate of drug-likeness (QED) is 0.898. The summed E-state index contributed by atoms with van der Waals surface area (Å²) in [5.74, 6) is -0.438. The van der Waals surface area contributed by atoms with Crippen LogP contribution in [0, 0.1) is 5.82 Å². The summed E-state index contributed by atoms with van der Waals surface area (Å²) in [6, 6.07) is 14.7. The van der Waals surface area contributed by atoms with Crippen LogP contribution in [0.2, 0.25) is 0 Å². The lowest BCUT2D eigenvalue weighted by atomic mass is 10.1. The zero-order chi connectivity index (χ0) is 17.8. The van der Waals surface area contributed by atoms with Gasteiger partial charge in [-0.2, -0.15) is 0 Å². The average Bonchev–Trinajstić information content (AvgIpc) is 2.96. The second kappa shape index (κ2) is 7.34. The molecule has 0 aromatic heterocycles. The standard InChI is InChI=1S/C19H20FN3O2/c1-13(14-5-3-2-4-6-14)21-19(25)22-16-11-18(24)23(12-16)17-9-7-15(20)8-10-17/h2-10,13,16H,11-12H2,1H3,(H2,21,22,25)/t13-,16-/m0/s1. The van der Waals surface area contributed by atoms with Gasteiger partial charge in [0.15, 0.2) is 0 Å². The average molecular weight is 341 g/mol. The van der Waals surface area contributed by atoms with Crippen LogP contribution >= 0.6 is 0 Å². The van der Waals surface area contributed by atoms with E-state index in [1.165, 1.54) is 12.1 Å². The van der Waals surface area contributed by atoms with Crippen molar-refractivity contribution in [3.63, 3.8) is 0 Å². The lowest BCUT2D eigenvalue weighted by molar-refractivity contribution is -0.117. The summed E-state index contributed by atoms with van der Waals surface area (Å²) in [6.07, 6.45) is 0.227. The number of halogens is 1.